The Bertz CT molecular complexity index is 485. The second-order valence-electron chi connectivity index (χ2n) is 6.07. The van der Waals surface area contributed by atoms with E-state index in [4.69, 9.17) is 5.26 Å². The number of nitrogens with zero attached hydrogens (tertiary/aromatic N) is 2. The van der Waals surface area contributed by atoms with Crippen molar-refractivity contribution >= 4 is 5.69 Å². The predicted octanol–water partition coefficient (Wildman–Crippen LogP) is 2.92. The number of rotatable bonds is 2. The lowest BCUT2D eigenvalue weighted by Gasteiger charge is -2.40. The first-order valence-corrected chi connectivity index (χ1v) is 7.85. The molecule has 2 fully saturated rings. The molecule has 1 heterocycles. The van der Waals surface area contributed by atoms with Crippen molar-refractivity contribution in [1.82, 2.24) is 5.32 Å². The van der Waals surface area contributed by atoms with Crippen LogP contribution in [0.15, 0.2) is 24.3 Å². The summed E-state index contributed by atoms with van der Waals surface area (Å²) in [5, 5.41) is 12.7. The molecule has 1 aliphatic carbocycles. The summed E-state index contributed by atoms with van der Waals surface area (Å²) in [7, 11) is 0. The summed E-state index contributed by atoms with van der Waals surface area (Å²) in [5.74, 6) is 0.839. The third kappa shape index (κ3) is 2.96. The van der Waals surface area contributed by atoms with Gasteiger partial charge in [-0.05, 0) is 37.0 Å². The molecule has 0 amide bonds. The Kier molecular flexibility index (Phi) is 4.22. The van der Waals surface area contributed by atoms with E-state index in [1.807, 2.05) is 18.2 Å². The second-order valence-corrected chi connectivity index (χ2v) is 6.07. The van der Waals surface area contributed by atoms with E-state index >= 15 is 0 Å². The molecule has 3 nitrogen and oxygen atoms in total. The van der Waals surface area contributed by atoms with Crippen LogP contribution < -0.4 is 10.2 Å². The summed E-state index contributed by atoms with van der Waals surface area (Å²) in [5.41, 5.74) is 1.96. The quantitative estimate of drug-likeness (QED) is 0.897. The van der Waals surface area contributed by atoms with Crippen molar-refractivity contribution in [2.24, 2.45) is 5.92 Å². The number of hydrogen-bond donors (Lipinski definition) is 1. The van der Waals surface area contributed by atoms with Crippen LogP contribution in [0.1, 0.15) is 37.7 Å². The van der Waals surface area contributed by atoms with Gasteiger partial charge in [0.1, 0.15) is 0 Å². The highest BCUT2D eigenvalue weighted by molar-refractivity contribution is 5.52. The van der Waals surface area contributed by atoms with Crippen LogP contribution in [0.4, 0.5) is 5.69 Å². The third-order valence-corrected chi connectivity index (χ3v) is 4.76. The fraction of sp³-hybridized carbons (Fsp3) is 0.588. The largest absolute Gasteiger partial charge is 0.369 e. The molecule has 0 aromatic heterocycles. The Hall–Kier alpha value is -1.53. The zero-order chi connectivity index (χ0) is 13.8. The minimum atomic E-state index is 0.620. The van der Waals surface area contributed by atoms with Crippen molar-refractivity contribution in [3.63, 3.8) is 0 Å². The minimum Gasteiger partial charge on any atom is -0.369 e. The zero-order valence-electron chi connectivity index (χ0n) is 12.0. The summed E-state index contributed by atoms with van der Waals surface area (Å²) >= 11 is 0. The Morgan fingerprint density at radius 2 is 2.05 bits per heavy atom. The van der Waals surface area contributed by atoms with E-state index in [1.165, 1.54) is 37.8 Å². The molecular formula is C17H23N3. The van der Waals surface area contributed by atoms with E-state index in [2.05, 4.69) is 22.4 Å². The first-order valence-electron chi connectivity index (χ1n) is 7.85. The van der Waals surface area contributed by atoms with Crippen LogP contribution in [0.25, 0.3) is 0 Å². The van der Waals surface area contributed by atoms with Crippen LogP contribution in [-0.2, 0) is 0 Å². The molecule has 0 radical (unpaired) electrons. The number of nitriles is 1. The molecule has 1 aromatic rings. The van der Waals surface area contributed by atoms with Gasteiger partial charge in [0.25, 0.3) is 0 Å². The van der Waals surface area contributed by atoms with Gasteiger partial charge >= 0.3 is 0 Å². The van der Waals surface area contributed by atoms with E-state index < -0.39 is 0 Å². The number of anilines is 1. The molecule has 0 bridgehead atoms. The lowest BCUT2D eigenvalue weighted by molar-refractivity contribution is 0.257. The molecule has 1 aromatic carbocycles. The van der Waals surface area contributed by atoms with E-state index in [0.29, 0.717) is 6.04 Å². The summed E-state index contributed by atoms with van der Waals surface area (Å²) < 4.78 is 0. The topological polar surface area (TPSA) is 39.1 Å². The van der Waals surface area contributed by atoms with Crippen LogP contribution >= 0.6 is 0 Å². The van der Waals surface area contributed by atoms with Gasteiger partial charge in [0.2, 0.25) is 0 Å². The maximum absolute atomic E-state index is 9.04. The van der Waals surface area contributed by atoms with Crippen LogP contribution in [0.3, 0.4) is 0 Å². The molecule has 1 saturated heterocycles. The van der Waals surface area contributed by atoms with Crippen molar-refractivity contribution in [2.75, 3.05) is 24.5 Å². The van der Waals surface area contributed by atoms with Gasteiger partial charge in [-0.1, -0.05) is 25.3 Å². The van der Waals surface area contributed by atoms with Crippen LogP contribution in [0.2, 0.25) is 0 Å². The Labute approximate surface area is 121 Å². The summed E-state index contributed by atoms with van der Waals surface area (Å²) in [6.07, 6.45) is 6.96. The predicted molar refractivity (Wildman–Crippen MR) is 81.7 cm³/mol. The molecule has 0 spiro atoms. The molecular weight excluding hydrogens is 246 g/mol. The molecule has 1 N–H and O–H groups in total. The fourth-order valence-corrected chi connectivity index (χ4v) is 3.64. The van der Waals surface area contributed by atoms with E-state index in [0.717, 1.165) is 31.1 Å². The second kappa shape index (κ2) is 6.28. The highest BCUT2D eigenvalue weighted by Crippen LogP contribution is 2.29. The van der Waals surface area contributed by atoms with Crippen molar-refractivity contribution < 1.29 is 0 Å². The van der Waals surface area contributed by atoms with Gasteiger partial charge in [-0.15, -0.1) is 0 Å². The third-order valence-electron chi connectivity index (χ3n) is 4.76. The van der Waals surface area contributed by atoms with Gasteiger partial charge < -0.3 is 10.2 Å². The van der Waals surface area contributed by atoms with Gasteiger partial charge in [0.05, 0.1) is 11.6 Å². The Balaban J connectivity index is 1.69. The van der Waals surface area contributed by atoms with Gasteiger partial charge in [-0.25, -0.2) is 0 Å². The highest BCUT2D eigenvalue weighted by Gasteiger charge is 2.28. The van der Waals surface area contributed by atoms with Crippen LogP contribution in [0, 0.1) is 17.2 Å². The zero-order valence-corrected chi connectivity index (χ0v) is 12.0. The smallest absolute Gasteiger partial charge is 0.0992 e. The summed E-state index contributed by atoms with van der Waals surface area (Å²) in [4.78, 5) is 2.44. The number of piperazine rings is 1. The number of nitrogens with one attached hydrogen (secondary N) is 1. The van der Waals surface area contributed by atoms with Crippen molar-refractivity contribution in [1.29, 1.82) is 5.26 Å². The molecule has 2 aliphatic rings. The highest BCUT2D eigenvalue weighted by atomic mass is 15.2. The van der Waals surface area contributed by atoms with Crippen LogP contribution in [-0.4, -0.2) is 25.7 Å². The average molecular weight is 269 g/mol. The molecule has 3 rings (SSSR count). The van der Waals surface area contributed by atoms with Gasteiger partial charge in [0.15, 0.2) is 0 Å². The van der Waals surface area contributed by atoms with E-state index in [1.54, 1.807) is 0 Å². The molecule has 1 saturated carbocycles. The van der Waals surface area contributed by atoms with E-state index in [-0.39, 0.29) is 0 Å². The lowest BCUT2D eigenvalue weighted by atomic mass is 9.83. The first kappa shape index (κ1) is 13.5. The normalized spacial score (nSPS) is 24.4. The fourth-order valence-electron chi connectivity index (χ4n) is 3.64. The Morgan fingerprint density at radius 3 is 2.85 bits per heavy atom. The van der Waals surface area contributed by atoms with Crippen molar-refractivity contribution in [3.05, 3.63) is 29.8 Å². The first-order chi connectivity index (χ1) is 9.86. The maximum Gasteiger partial charge on any atom is 0.0992 e. The van der Waals surface area contributed by atoms with Gasteiger partial charge in [0, 0.05) is 31.4 Å². The van der Waals surface area contributed by atoms with E-state index in [9.17, 15) is 0 Å². The lowest BCUT2D eigenvalue weighted by Crippen LogP contribution is -2.54. The minimum absolute atomic E-state index is 0.620. The molecule has 3 heteroatoms. The summed E-state index contributed by atoms with van der Waals surface area (Å²) in [6, 6.07) is 10.9. The SMILES string of the molecule is N#Cc1cccc(N2CCNC(C3CCCCC3)C2)c1. The Morgan fingerprint density at radius 1 is 1.20 bits per heavy atom. The molecule has 1 atom stereocenters. The average Bonchev–Trinajstić information content (AvgIpc) is 2.56. The van der Waals surface area contributed by atoms with Crippen molar-refractivity contribution in [2.45, 2.75) is 38.1 Å². The summed E-state index contributed by atoms with van der Waals surface area (Å²) in [6.45, 7) is 3.18. The molecule has 106 valence electrons. The van der Waals surface area contributed by atoms with Crippen LogP contribution in [0.5, 0.6) is 0 Å². The van der Waals surface area contributed by atoms with Gasteiger partial charge in [-0.3, -0.25) is 0 Å². The number of benzene rings is 1. The maximum atomic E-state index is 9.04. The standard InChI is InChI=1S/C17H23N3/c18-12-14-5-4-8-16(11-14)20-10-9-19-17(13-20)15-6-2-1-3-7-15/h4-5,8,11,15,17,19H,1-3,6-7,9-10,13H2. The number of hydrogen-bond acceptors (Lipinski definition) is 3. The molecule has 1 aliphatic heterocycles. The monoisotopic (exact) mass is 269 g/mol. The molecule has 20 heavy (non-hydrogen) atoms. The molecule has 1 unspecified atom stereocenters. The van der Waals surface area contributed by atoms with Crippen molar-refractivity contribution in [3.8, 4) is 6.07 Å². The van der Waals surface area contributed by atoms with Gasteiger partial charge in [-0.2, -0.15) is 5.26 Å².